The number of carbonyl (C=O) groups excluding carboxylic acids is 1. The molecule has 0 aliphatic carbocycles. The van der Waals surface area contributed by atoms with E-state index >= 15 is 0 Å². The van der Waals surface area contributed by atoms with Gasteiger partial charge in [0, 0.05) is 12.6 Å². The lowest BCUT2D eigenvalue weighted by atomic mass is 10.2. The van der Waals surface area contributed by atoms with Gasteiger partial charge in [0.2, 0.25) is 5.91 Å². The van der Waals surface area contributed by atoms with Crippen LogP contribution in [0.5, 0.6) is 0 Å². The predicted octanol–water partition coefficient (Wildman–Crippen LogP) is 0.570. The zero-order valence-electron chi connectivity index (χ0n) is 10.4. The van der Waals surface area contributed by atoms with Gasteiger partial charge in [0.25, 0.3) is 0 Å². The highest BCUT2D eigenvalue weighted by Gasteiger charge is 2.09. The van der Waals surface area contributed by atoms with E-state index < -0.39 is 0 Å². The average Bonchev–Trinajstić information content (AvgIpc) is 2.22. The van der Waals surface area contributed by atoms with E-state index in [1.807, 2.05) is 6.92 Å². The summed E-state index contributed by atoms with van der Waals surface area (Å²) in [6, 6.07) is 0.200. The number of nitrogens with one attached hydrogen (secondary N) is 1. The van der Waals surface area contributed by atoms with Gasteiger partial charge in [-0.2, -0.15) is 0 Å². The average molecular weight is 215 g/mol. The van der Waals surface area contributed by atoms with E-state index in [2.05, 4.69) is 31.1 Å². The van der Waals surface area contributed by atoms with Crippen molar-refractivity contribution < 1.29 is 4.79 Å². The van der Waals surface area contributed by atoms with Gasteiger partial charge in [-0.3, -0.25) is 4.79 Å². The second kappa shape index (κ2) is 7.65. The minimum absolute atomic E-state index is 0.0373. The molecule has 0 aliphatic heterocycles. The third kappa shape index (κ3) is 6.47. The van der Waals surface area contributed by atoms with Crippen LogP contribution in [0.4, 0.5) is 0 Å². The molecule has 1 atom stereocenters. The van der Waals surface area contributed by atoms with Gasteiger partial charge in [-0.25, -0.2) is 0 Å². The van der Waals surface area contributed by atoms with Crippen molar-refractivity contribution in [1.29, 1.82) is 0 Å². The summed E-state index contributed by atoms with van der Waals surface area (Å²) >= 11 is 0. The SMILES string of the molecule is CC[C@@H](N)C(=O)NCCCN(C)C(C)C. The Labute approximate surface area is 93.2 Å². The van der Waals surface area contributed by atoms with Crippen molar-refractivity contribution in [2.45, 2.75) is 45.7 Å². The fraction of sp³-hybridized carbons (Fsp3) is 0.909. The van der Waals surface area contributed by atoms with Gasteiger partial charge in [-0.05, 0) is 40.3 Å². The molecular weight excluding hydrogens is 190 g/mol. The summed E-state index contributed by atoms with van der Waals surface area (Å²) in [5.41, 5.74) is 5.58. The lowest BCUT2D eigenvalue weighted by Gasteiger charge is -2.20. The molecule has 0 aliphatic rings. The summed E-state index contributed by atoms with van der Waals surface area (Å²) in [5.74, 6) is -0.0373. The van der Waals surface area contributed by atoms with Gasteiger partial charge in [-0.1, -0.05) is 6.92 Å². The van der Waals surface area contributed by atoms with Crippen molar-refractivity contribution in [2.75, 3.05) is 20.1 Å². The first-order valence-electron chi connectivity index (χ1n) is 5.72. The Morgan fingerprint density at radius 1 is 1.47 bits per heavy atom. The molecule has 0 bridgehead atoms. The van der Waals surface area contributed by atoms with Crippen LogP contribution >= 0.6 is 0 Å². The number of hydrogen-bond acceptors (Lipinski definition) is 3. The van der Waals surface area contributed by atoms with Crippen molar-refractivity contribution in [3.8, 4) is 0 Å². The largest absolute Gasteiger partial charge is 0.355 e. The van der Waals surface area contributed by atoms with E-state index in [-0.39, 0.29) is 11.9 Å². The zero-order chi connectivity index (χ0) is 11.8. The molecule has 90 valence electrons. The fourth-order valence-electron chi connectivity index (χ4n) is 1.11. The van der Waals surface area contributed by atoms with Crippen LogP contribution in [0.1, 0.15) is 33.6 Å². The Balaban J connectivity index is 3.50. The van der Waals surface area contributed by atoms with E-state index in [0.717, 1.165) is 13.0 Å². The third-order valence-corrected chi connectivity index (χ3v) is 2.64. The van der Waals surface area contributed by atoms with Crippen LogP contribution in [0, 0.1) is 0 Å². The summed E-state index contributed by atoms with van der Waals surface area (Å²) in [7, 11) is 2.09. The molecule has 0 aromatic carbocycles. The van der Waals surface area contributed by atoms with Gasteiger partial charge in [0.05, 0.1) is 6.04 Å². The summed E-state index contributed by atoms with van der Waals surface area (Å²) in [5, 5.41) is 2.84. The maximum Gasteiger partial charge on any atom is 0.236 e. The van der Waals surface area contributed by atoms with Crippen LogP contribution in [0.25, 0.3) is 0 Å². The molecule has 0 saturated carbocycles. The maximum atomic E-state index is 11.3. The Bertz CT molecular complexity index is 183. The normalized spacial score (nSPS) is 13.3. The molecule has 0 unspecified atom stereocenters. The lowest BCUT2D eigenvalue weighted by molar-refractivity contribution is -0.122. The highest BCUT2D eigenvalue weighted by Crippen LogP contribution is 1.94. The summed E-state index contributed by atoms with van der Waals surface area (Å²) in [6.07, 6.45) is 1.66. The van der Waals surface area contributed by atoms with Crippen molar-refractivity contribution in [2.24, 2.45) is 5.73 Å². The van der Waals surface area contributed by atoms with Crippen LogP contribution in [0.3, 0.4) is 0 Å². The number of nitrogens with zero attached hydrogens (tertiary/aromatic N) is 1. The number of rotatable bonds is 7. The Morgan fingerprint density at radius 3 is 2.53 bits per heavy atom. The molecule has 0 saturated heterocycles. The van der Waals surface area contributed by atoms with Crippen LogP contribution < -0.4 is 11.1 Å². The molecule has 0 rings (SSSR count). The van der Waals surface area contributed by atoms with E-state index in [0.29, 0.717) is 19.0 Å². The Kier molecular flexibility index (Phi) is 7.34. The van der Waals surface area contributed by atoms with Gasteiger partial charge in [0.1, 0.15) is 0 Å². The molecule has 0 heterocycles. The van der Waals surface area contributed by atoms with Crippen molar-refractivity contribution in [3.63, 3.8) is 0 Å². The molecule has 0 radical (unpaired) electrons. The first-order chi connectivity index (χ1) is 6.99. The molecule has 4 heteroatoms. The van der Waals surface area contributed by atoms with E-state index in [1.54, 1.807) is 0 Å². The minimum Gasteiger partial charge on any atom is -0.355 e. The van der Waals surface area contributed by atoms with Crippen LogP contribution in [0.15, 0.2) is 0 Å². The third-order valence-electron chi connectivity index (χ3n) is 2.64. The van der Waals surface area contributed by atoms with Gasteiger partial charge in [-0.15, -0.1) is 0 Å². The minimum atomic E-state index is -0.354. The molecule has 0 aromatic rings. The highest BCUT2D eigenvalue weighted by atomic mass is 16.2. The Morgan fingerprint density at radius 2 is 2.07 bits per heavy atom. The standard InChI is InChI=1S/C11H25N3O/c1-5-10(12)11(15)13-7-6-8-14(4)9(2)3/h9-10H,5-8,12H2,1-4H3,(H,13,15)/t10-/m1/s1. The first-order valence-corrected chi connectivity index (χ1v) is 5.72. The monoisotopic (exact) mass is 215 g/mol. The maximum absolute atomic E-state index is 11.3. The van der Waals surface area contributed by atoms with Gasteiger partial charge >= 0.3 is 0 Å². The van der Waals surface area contributed by atoms with Gasteiger partial charge in [0.15, 0.2) is 0 Å². The van der Waals surface area contributed by atoms with E-state index in [1.165, 1.54) is 0 Å². The predicted molar refractivity (Wildman–Crippen MR) is 63.7 cm³/mol. The molecule has 3 N–H and O–H groups in total. The van der Waals surface area contributed by atoms with Crippen LogP contribution in [0.2, 0.25) is 0 Å². The summed E-state index contributed by atoms with van der Waals surface area (Å²) < 4.78 is 0. The van der Waals surface area contributed by atoms with Crippen molar-refractivity contribution in [3.05, 3.63) is 0 Å². The van der Waals surface area contributed by atoms with Crippen molar-refractivity contribution >= 4 is 5.91 Å². The second-order valence-corrected chi connectivity index (χ2v) is 4.23. The molecule has 0 fully saturated rings. The lowest BCUT2D eigenvalue weighted by Crippen LogP contribution is -2.41. The van der Waals surface area contributed by atoms with Crippen LogP contribution in [-0.4, -0.2) is 43.0 Å². The molecular formula is C11H25N3O. The second-order valence-electron chi connectivity index (χ2n) is 4.23. The Hall–Kier alpha value is -0.610. The molecule has 4 nitrogen and oxygen atoms in total. The fourth-order valence-corrected chi connectivity index (χ4v) is 1.11. The number of hydrogen-bond donors (Lipinski definition) is 2. The topological polar surface area (TPSA) is 58.4 Å². The number of nitrogens with two attached hydrogens (primary N) is 1. The summed E-state index contributed by atoms with van der Waals surface area (Å²) in [6.45, 7) is 7.94. The first kappa shape index (κ1) is 14.4. The van der Waals surface area contributed by atoms with Crippen LogP contribution in [-0.2, 0) is 4.79 Å². The van der Waals surface area contributed by atoms with Crippen molar-refractivity contribution in [1.82, 2.24) is 10.2 Å². The number of carbonyl (C=O) groups is 1. The molecule has 0 aromatic heterocycles. The zero-order valence-corrected chi connectivity index (χ0v) is 10.4. The van der Waals surface area contributed by atoms with E-state index in [4.69, 9.17) is 5.73 Å². The number of amides is 1. The summed E-state index contributed by atoms with van der Waals surface area (Å²) in [4.78, 5) is 13.6. The molecule has 15 heavy (non-hydrogen) atoms. The van der Waals surface area contributed by atoms with E-state index in [9.17, 15) is 4.79 Å². The molecule has 1 amide bonds. The quantitative estimate of drug-likeness (QED) is 0.610. The molecule has 0 spiro atoms. The highest BCUT2D eigenvalue weighted by molar-refractivity contribution is 5.81. The smallest absolute Gasteiger partial charge is 0.236 e. The van der Waals surface area contributed by atoms with Gasteiger partial charge < -0.3 is 16.0 Å².